The summed E-state index contributed by atoms with van der Waals surface area (Å²) < 4.78 is 11.2. The molecule has 0 aromatic heterocycles. The van der Waals surface area contributed by atoms with Gasteiger partial charge in [0.25, 0.3) is 0 Å². The van der Waals surface area contributed by atoms with Crippen molar-refractivity contribution in [2.75, 3.05) is 6.61 Å². The number of hydrogen-bond donors (Lipinski definition) is 6. The van der Waals surface area contributed by atoms with Crippen molar-refractivity contribution >= 4 is 5.78 Å². The van der Waals surface area contributed by atoms with Crippen molar-refractivity contribution in [1.29, 1.82) is 0 Å². The van der Waals surface area contributed by atoms with Crippen molar-refractivity contribution in [3.63, 3.8) is 0 Å². The molecule has 8 atom stereocenters. The molecule has 1 saturated heterocycles. The van der Waals surface area contributed by atoms with Crippen molar-refractivity contribution in [2.24, 2.45) is 11.7 Å². The van der Waals surface area contributed by atoms with Gasteiger partial charge >= 0.3 is 0 Å². The fraction of sp³-hybridized carbons (Fsp3) is 0.929. The van der Waals surface area contributed by atoms with E-state index in [1.54, 1.807) is 6.08 Å². The van der Waals surface area contributed by atoms with Crippen LogP contribution in [0.1, 0.15) is 194 Å². The van der Waals surface area contributed by atoms with E-state index in [9.17, 15) is 30.3 Å². The zero-order chi connectivity index (χ0) is 37.5. The van der Waals surface area contributed by atoms with Gasteiger partial charge in [0.05, 0.1) is 18.6 Å². The van der Waals surface area contributed by atoms with Crippen molar-refractivity contribution < 1.29 is 39.8 Å². The summed E-state index contributed by atoms with van der Waals surface area (Å²) in [7, 11) is 0. The topological polar surface area (TPSA) is 163 Å². The van der Waals surface area contributed by atoms with Crippen LogP contribution in [0.25, 0.3) is 0 Å². The maximum atomic E-state index is 13.5. The second-order valence-corrected chi connectivity index (χ2v) is 15.2. The van der Waals surface area contributed by atoms with Gasteiger partial charge in [-0.05, 0) is 19.3 Å². The van der Waals surface area contributed by atoms with Crippen LogP contribution in [0.3, 0.4) is 0 Å². The fourth-order valence-corrected chi connectivity index (χ4v) is 7.11. The molecule has 1 unspecified atom stereocenters. The number of nitrogens with two attached hydrogens (primary N) is 1. The number of hydrogen-bond acceptors (Lipinski definition) is 9. The number of allylic oxidation sites excluding steroid dienone is 1. The van der Waals surface area contributed by atoms with E-state index < -0.39 is 55.6 Å². The Labute approximate surface area is 312 Å². The lowest BCUT2D eigenvalue weighted by Crippen LogP contribution is -2.61. The highest BCUT2D eigenvalue weighted by molar-refractivity contribution is 5.82. The average Bonchev–Trinajstić information content (AvgIpc) is 3.12. The quantitative estimate of drug-likeness (QED) is 0.0215. The minimum atomic E-state index is -1.64. The van der Waals surface area contributed by atoms with E-state index in [1.165, 1.54) is 128 Å². The summed E-state index contributed by atoms with van der Waals surface area (Å²) in [4.78, 5) is 13.5. The Bertz CT molecular complexity index is 827. The molecular weight excluding hydrogens is 646 g/mol. The highest BCUT2D eigenvalue weighted by atomic mass is 16.7. The third kappa shape index (κ3) is 22.8. The molecule has 1 aliphatic rings. The van der Waals surface area contributed by atoms with Gasteiger partial charge in [0.2, 0.25) is 0 Å². The molecule has 0 bridgehead atoms. The first-order valence-electron chi connectivity index (χ1n) is 21.4. The number of aliphatic hydroxyl groups is 5. The van der Waals surface area contributed by atoms with Gasteiger partial charge in [-0.25, -0.2) is 0 Å². The summed E-state index contributed by atoms with van der Waals surface area (Å²) in [5, 5.41) is 51.5. The summed E-state index contributed by atoms with van der Waals surface area (Å²) in [6.45, 7) is 3.89. The fourth-order valence-electron chi connectivity index (χ4n) is 7.11. The van der Waals surface area contributed by atoms with Gasteiger partial charge in [-0.2, -0.15) is 0 Å². The number of unbranched alkanes of at least 4 members (excludes halogenated alkanes) is 25. The smallest absolute Gasteiger partial charge is 0.188 e. The van der Waals surface area contributed by atoms with Crippen LogP contribution in [-0.4, -0.2) is 81.0 Å². The molecule has 1 fully saturated rings. The van der Waals surface area contributed by atoms with Crippen LogP contribution < -0.4 is 5.73 Å². The van der Waals surface area contributed by atoms with Crippen molar-refractivity contribution in [3.8, 4) is 0 Å². The van der Waals surface area contributed by atoms with Gasteiger partial charge in [0.15, 0.2) is 6.29 Å². The maximum absolute atomic E-state index is 13.5. The molecule has 0 saturated carbocycles. The third-order valence-electron chi connectivity index (χ3n) is 10.6. The first-order chi connectivity index (χ1) is 24.8. The summed E-state index contributed by atoms with van der Waals surface area (Å²) >= 11 is 0. The normalized spacial score (nSPS) is 22.8. The number of rotatable bonds is 35. The van der Waals surface area contributed by atoms with Crippen LogP contribution in [0.2, 0.25) is 0 Å². The van der Waals surface area contributed by atoms with Crippen LogP contribution in [0.4, 0.5) is 0 Å². The molecular formula is C42H81NO8. The number of Topliss-reactive ketones (excluding diaryl/α,β-unsaturated/α-hetero) is 1. The maximum Gasteiger partial charge on any atom is 0.188 e. The van der Waals surface area contributed by atoms with Crippen molar-refractivity contribution in [2.45, 2.75) is 237 Å². The predicted octanol–water partition coefficient (Wildman–Crippen LogP) is 8.15. The van der Waals surface area contributed by atoms with E-state index in [2.05, 4.69) is 13.8 Å². The molecule has 0 radical (unpaired) electrons. The van der Waals surface area contributed by atoms with Gasteiger partial charge < -0.3 is 40.7 Å². The monoisotopic (exact) mass is 728 g/mol. The molecule has 0 aliphatic carbocycles. The minimum Gasteiger partial charge on any atom is -0.394 e. The zero-order valence-corrected chi connectivity index (χ0v) is 32.8. The molecule has 0 amide bonds. The van der Waals surface area contributed by atoms with Gasteiger partial charge in [-0.3, -0.25) is 4.79 Å². The molecule has 51 heavy (non-hydrogen) atoms. The Morgan fingerprint density at radius 2 is 1.06 bits per heavy atom. The average molecular weight is 728 g/mol. The van der Waals surface area contributed by atoms with E-state index in [0.29, 0.717) is 6.42 Å². The van der Waals surface area contributed by atoms with Gasteiger partial charge in [-0.1, -0.05) is 180 Å². The Balaban J connectivity index is 2.49. The zero-order valence-electron chi connectivity index (χ0n) is 32.8. The number of aliphatic hydroxyl groups excluding tert-OH is 5. The van der Waals surface area contributed by atoms with Gasteiger partial charge in [0.1, 0.15) is 36.4 Å². The van der Waals surface area contributed by atoms with Crippen LogP contribution in [0, 0.1) is 5.92 Å². The van der Waals surface area contributed by atoms with Crippen LogP contribution in [-0.2, 0) is 14.3 Å². The summed E-state index contributed by atoms with van der Waals surface area (Å²) in [5.41, 5.74) is 6.34. The van der Waals surface area contributed by atoms with Gasteiger partial charge in [-0.15, -0.1) is 0 Å². The third-order valence-corrected chi connectivity index (χ3v) is 10.6. The first kappa shape index (κ1) is 48.1. The minimum absolute atomic E-state index is 0.228. The molecule has 302 valence electrons. The lowest BCUT2D eigenvalue weighted by molar-refractivity contribution is -0.314. The van der Waals surface area contributed by atoms with E-state index in [4.69, 9.17) is 15.2 Å². The highest BCUT2D eigenvalue weighted by Crippen LogP contribution is 2.26. The SMILES string of the molecule is CCCCCCCCCCCCC/C=C/[C@@H](O)[C@H](C(=O)CCCCCCCCCCCCCCCCC)C(N)O[C@H]1O[C@H](CO)[C@H](O)[C@H](O)[C@H]1O. The van der Waals surface area contributed by atoms with E-state index in [1.807, 2.05) is 6.08 Å². The van der Waals surface area contributed by atoms with E-state index >= 15 is 0 Å². The highest BCUT2D eigenvalue weighted by Gasteiger charge is 2.46. The molecule has 9 nitrogen and oxygen atoms in total. The Hall–Kier alpha value is -0.910. The van der Waals surface area contributed by atoms with Crippen LogP contribution in [0.15, 0.2) is 12.2 Å². The molecule has 0 aromatic rings. The van der Waals surface area contributed by atoms with Gasteiger partial charge in [0, 0.05) is 6.42 Å². The second kappa shape index (κ2) is 32.5. The van der Waals surface area contributed by atoms with E-state index in [0.717, 1.165) is 38.5 Å². The van der Waals surface area contributed by atoms with Crippen molar-refractivity contribution in [1.82, 2.24) is 0 Å². The largest absolute Gasteiger partial charge is 0.394 e. The number of ketones is 1. The summed E-state index contributed by atoms with van der Waals surface area (Å²) in [6.07, 6.45) is 26.8. The summed E-state index contributed by atoms with van der Waals surface area (Å²) in [6, 6.07) is 0. The number of ether oxygens (including phenoxy) is 2. The second-order valence-electron chi connectivity index (χ2n) is 15.2. The van der Waals surface area contributed by atoms with Crippen molar-refractivity contribution in [3.05, 3.63) is 12.2 Å². The standard InChI is InChI=1S/C42H81NO8/c1-3-5-7-9-11-13-15-17-18-20-22-24-26-28-30-32-35(46)37(41(43)51-42-40(49)39(48)38(47)36(33-44)50-42)34(45)31-29-27-25-23-21-19-16-14-12-10-8-6-4-2/h29,31,34,36-42,44-45,47-49H,3-28,30,32-33,43H2,1-2H3/b31-29+/t34-,36-,37-,38+,39+,40-,41?,42-/m1/s1. The molecule has 1 rings (SSSR count). The van der Waals surface area contributed by atoms with Crippen LogP contribution >= 0.6 is 0 Å². The lowest BCUT2D eigenvalue weighted by atomic mass is 9.91. The Morgan fingerprint density at radius 1 is 0.647 bits per heavy atom. The summed E-state index contributed by atoms with van der Waals surface area (Å²) in [5.74, 6) is -1.33. The Morgan fingerprint density at radius 3 is 1.49 bits per heavy atom. The molecule has 9 heteroatoms. The molecule has 0 spiro atoms. The van der Waals surface area contributed by atoms with Crippen LogP contribution in [0.5, 0.6) is 0 Å². The lowest BCUT2D eigenvalue weighted by Gasteiger charge is -2.41. The molecule has 7 N–H and O–H groups in total. The molecule has 1 aliphatic heterocycles. The Kier molecular flexibility index (Phi) is 30.7. The number of carbonyl (C=O) groups is 1. The number of carbonyl (C=O) groups excluding carboxylic acids is 1. The predicted molar refractivity (Wildman–Crippen MR) is 207 cm³/mol. The van der Waals surface area contributed by atoms with E-state index in [-0.39, 0.29) is 12.2 Å². The molecule has 1 heterocycles. The first-order valence-corrected chi connectivity index (χ1v) is 21.4. The molecule has 0 aromatic carbocycles.